The quantitative estimate of drug-likeness (QED) is 0.729. The standard InChI is InChI=1S/C21H25N3O3/c1-27-16-11-9-15(10-12-16)23-21(26)17-6-2-3-8-19(17)24-20(25)13-14-5-4-7-18(14)22/h2-3,6,8-12,14,18H,4-5,7,13,22H2,1H3,(H,23,26)(H,24,25)/t14-,18+/m0/s1. The van der Waals surface area contributed by atoms with Crippen LogP contribution in [-0.2, 0) is 4.79 Å². The van der Waals surface area contributed by atoms with Crippen molar-refractivity contribution in [2.75, 3.05) is 17.7 Å². The Balaban J connectivity index is 1.67. The van der Waals surface area contributed by atoms with Crippen LogP contribution >= 0.6 is 0 Å². The van der Waals surface area contributed by atoms with E-state index < -0.39 is 0 Å². The van der Waals surface area contributed by atoms with Crippen LogP contribution in [-0.4, -0.2) is 25.0 Å². The summed E-state index contributed by atoms with van der Waals surface area (Å²) in [7, 11) is 1.59. The molecule has 6 heteroatoms. The Hall–Kier alpha value is -2.86. The molecule has 1 fully saturated rings. The Morgan fingerprint density at radius 3 is 2.48 bits per heavy atom. The van der Waals surface area contributed by atoms with Crippen LogP contribution in [0, 0.1) is 5.92 Å². The molecule has 0 heterocycles. The number of ether oxygens (including phenoxy) is 1. The highest BCUT2D eigenvalue weighted by atomic mass is 16.5. The van der Waals surface area contributed by atoms with E-state index in [-0.39, 0.29) is 23.8 Å². The van der Waals surface area contributed by atoms with E-state index >= 15 is 0 Å². The largest absolute Gasteiger partial charge is 0.497 e. The number of benzene rings is 2. The first-order chi connectivity index (χ1) is 13.1. The molecule has 0 spiro atoms. The lowest BCUT2D eigenvalue weighted by molar-refractivity contribution is -0.117. The summed E-state index contributed by atoms with van der Waals surface area (Å²) in [5.41, 5.74) is 7.62. The molecule has 0 aliphatic heterocycles. The predicted molar refractivity (Wildman–Crippen MR) is 106 cm³/mol. The van der Waals surface area contributed by atoms with Crippen molar-refractivity contribution < 1.29 is 14.3 Å². The Morgan fingerprint density at radius 1 is 1.07 bits per heavy atom. The summed E-state index contributed by atoms with van der Waals surface area (Å²) >= 11 is 0. The van der Waals surface area contributed by atoms with Gasteiger partial charge in [-0.05, 0) is 55.2 Å². The third-order valence-corrected chi connectivity index (χ3v) is 4.96. The van der Waals surface area contributed by atoms with Crippen LogP contribution in [0.2, 0.25) is 0 Å². The summed E-state index contributed by atoms with van der Waals surface area (Å²) in [6.07, 6.45) is 3.41. The van der Waals surface area contributed by atoms with Crippen molar-refractivity contribution in [3.63, 3.8) is 0 Å². The lowest BCUT2D eigenvalue weighted by Gasteiger charge is -2.16. The number of hydrogen-bond donors (Lipinski definition) is 3. The molecule has 2 atom stereocenters. The van der Waals surface area contributed by atoms with E-state index in [1.54, 1.807) is 55.6 Å². The first-order valence-electron chi connectivity index (χ1n) is 9.16. The van der Waals surface area contributed by atoms with Gasteiger partial charge in [-0.2, -0.15) is 0 Å². The van der Waals surface area contributed by atoms with E-state index in [9.17, 15) is 9.59 Å². The van der Waals surface area contributed by atoms with Crippen molar-refractivity contribution in [1.29, 1.82) is 0 Å². The first kappa shape index (κ1) is 18.9. The SMILES string of the molecule is COc1ccc(NC(=O)c2ccccc2NC(=O)C[C@@H]2CCC[C@H]2N)cc1. The third-order valence-electron chi connectivity index (χ3n) is 4.96. The highest BCUT2D eigenvalue weighted by Crippen LogP contribution is 2.27. The molecule has 142 valence electrons. The number of nitrogens with one attached hydrogen (secondary N) is 2. The fraction of sp³-hybridized carbons (Fsp3) is 0.333. The van der Waals surface area contributed by atoms with Crippen LogP contribution in [0.5, 0.6) is 5.75 Å². The van der Waals surface area contributed by atoms with E-state index in [4.69, 9.17) is 10.5 Å². The monoisotopic (exact) mass is 367 g/mol. The van der Waals surface area contributed by atoms with Gasteiger partial charge in [-0.15, -0.1) is 0 Å². The van der Waals surface area contributed by atoms with Gasteiger partial charge in [0.2, 0.25) is 5.91 Å². The second-order valence-corrected chi connectivity index (χ2v) is 6.84. The van der Waals surface area contributed by atoms with E-state index in [1.807, 2.05) is 0 Å². The molecular formula is C21H25N3O3. The van der Waals surface area contributed by atoms with Crippen LogP contribution < -0.4 is 21.1 Å². The van der Waals surface area contributed by atoms with Crippen LogP contribution in [0.15, 0.2) is 48.5 Å². The second kappa shape index (κ2) is 8.68. The van der Waals surface area contributed by atoms with Crippen molar-refractivity contribution in [1.82, 2.24) is 0 Å². The van der Waals surface area contributed by atoms with Gasteiger partial charge in [0.1, 0.15) is 5.75 Å². The molecule has 0 saturated heterocycles. The minimum atomic E-state index is -0.284. The highest BCUT2D eigenvalue weighted by Gasteiger charge is 2.26. The van der Waals surface area contributed by atoms with Gasteiger partial charge in [0, 0.05) is 18.2 Å². The smallest absolute Gasteiger partial charge is 0.257 e. The Bertz CT molecular complexity index is 805. The molecule has 1 aliphatic carbocycles. The molecule has 2 aromatic rings. The maximum atomic E-state index is 12.7. The molecular weight excluding hydrogens is 342 g/mol. The van der Waals surface area contributed by atoms with Gasteiger partial charge in [-0.3, -0.25) is 9.59 Å². The number of carbonyl (C=O) groups is 2. The van der Waals surface area contributed by atoms with Gasteiger partial charge in [0.15, 0.2) is 0 Å². The lowest BCUT2D eigenvalue weighted by Crippen LogP contribution is -2.28. The van der Waals surface area contributed by atoms with Crippen molar-refractivity contribution >= 4 is 23.2 Å². The summed E-state index contributed by atoms with van der Waals surface area (Å²) in [6.45, 7) is 0. The average Bonchev–Trinajstić information content (AvgIpc) is 3.07. The Kier molecular flexibility index (Phi) is 6.08. The number of rotatable bonds is 6. The lowest BCUT2D eigenvalue weighted by atomic mass is 9.99. The fourth-order valence-corrected chi connectivity index (χ4v) is 3.42. The van der Waals surface area contributed by atoms with Gasteiger partial charge in [-0.1, -0.05) is 18.6 Å². The zero-order valence-electron chi connectivity index (χ0n) is 15.4. The molecule has 6 nitrogen and oxygen atoms in total. The summed E-state index contributed by atoms with van der Waals surface area (Å²) in [4.78, 5) is 25.1. The highest BCUT2D eigenvalue weighted by molar-refractivity contribution is 6.10. The number of anilines is 2. The molecule has 0 radical (unpaired) electrons. The molecule has 1 saturated carbocycles. The summed E-state index contributed by atoms with van der Waals surface area (Å²) in [5, 5.41) is 5.71. The van der Waals surface area contributed by atoms with E-state index in [0.29, 0.717) is 29.1 Å². The topological polar surface area (TPSA) is 93.5 Å². The predicted octanol–water partition coefficient (Wildman–Crippen LogP) is 3.40. The van der Waals surface area contributed by atoms with Crippen LogP contribution in [0.25, 0.3) is 0 Å². The molecule has 3 rings (SSSR count). The van der Waals surface area contributed by atoms with Crippen molar-refractivity contribution in [2.45, 2.75) is 31.7 Å². The minimum Gasteiger partial charge on any atom is -0.497 e. The fourth-order valence-electron chi connectivity index (χ4n) is 3.42. The van der Waals surface area contributed by atoms with Crippen LogP contribution in [0.1, 0.15) is 36.0 Å². The maximum Gasteiger partial charge on any atom is 0.257 e. The number of hydrogen-bond acceptors (Lipinski definition) is 4. The normalized spacial score (nSPS) is 18.7. The van der Waals surface area contributed by atoms with Crippen LogP contribution in [0.3, 0.4) is 0 Å². The first-order valence-corrected chi connectivity index (χ1v) is 9.16. The van der Waals surface area contributed by atoms with Gasteiger partial charge in [0.05, 0.1) is 18.4 Å². The summed E-state index contributed by atoms with van der Waals surface area (Å²) < 4.78 is 5.11. The van der Waals surface area contributed by atoms with Gasteiger partial charge >= 0.3 is 0 Å². The number of carbonyl (C=O) groups excluding carboxylic acids is 2. The molecule has 1 aliphatic rings. The number of para-hydroxylation sites is 1. The van der Waals surface area contributed by atoms with E-state index in [1.165, 1.54) is 0 Å². The summed E-state index contributed by atoms with van der Waals surface area (Å²) in [6, 6.07) is 14.1. The molecule has 2 amide bonds. The zero-order chi connectivity index (χ0) is 19.2. The maximum absolute atomic E-state index is 12.7. The van der Waals surface area contributed by atoms with Gasteiger partial charge < -0.3 is 21.1 Å². The molecule has 0 bridgehead atoms. The number of methoxy groups -OCH3 is 1. The van der Waals surface area contributed by atoms with Crippen molar-refractivity contribution in [3.8, 4) is 5.75 Å². The van der Waals surface area contributed by atoms with E-state index in [0.717, 1.165) is 19.3 Å². The zero-order valence-corrected chi connectivity index (χ0v) is 15.4. The summed E-state index contributed by atoms with van der Waals surface area (Å²) in [5.74, 6) is 0.534. The Morgan fingerprint density at radius 2 is 1.81 bits per heavy atom. The second-order valence-electron chi connectivity index (χ2n) is 6.84. The minimum absolute atomic E-state index is 0.0874. The van der Waals surface area contributed by atoms with Crippen molar-refractivity contribution in [3.05, 3.63) is 54.1 Å². The third kappa shape index (κ3) is 4.86. The van der Waals surface area contributed by atoms with Crippen LogP contribution in [0.4, 0.5) is 11.4 Å². The van der Waals surface area contributed by atoms with Gasteiger partial charge in [0.25, 0.3) is 5.91 Å². The van der Waals surface area contributed by atoms with E-state index in [2.05, 4.69) is 10.6 Å². The average molecular weight is 367 g/mol. The molecule has 0 aromatic heterocycles. The number of nitrogens with two attached hydrogens (primary N) is 1. The molecule has 0 unspecified atom stereocenters. The van der Waals surface area contributed by atoms with Gasteiger partial charge in [-0.25, -0.2) is 0 Å². The molecule has 2 aromatic carbocycles. The molecule has 4 N–H and O–H groups in total. The number of amides is 2. The molecule has 27 heavy (non-hydrogen) atoms. The Labute approximate surface area is 159 Å². The van der Waals surface area contributed by atoms with Crippen molar-refractivity contribution in [2.24, 2.45) is 11.7 Å².